The first kappa shape index (κ1) is 27.5. The van der Waals surface area contributed by atoms with Gasteiger partial charge in [0.2, 0.25) is 0 Å². The lowest BCUT2D eigenvalue weighted by atomic mass is 9.67. The maximum atomic E-state index is 14.7. The van der Waals surface area contributed by atoms with E-state index in [9.17, 15) is 23.2 Å². The van der Waals surface area contributed by atoms with E-state index in [2.05, 4.69) is 26.1 Å². The number of aliphatic carboxylic acids is 1. The van der Waals surface area contributed by atoms with Gasteiger partial charge in [0, 0.05) is 24.7 Å². The summed E-state index contributed by atoms with van der Waals surface area (Å²) in [6, 6.07) is 9.80. The molecule has 38 heavy (non-hydrogen) atoms. The zero-order valence-corrected chi connectivity index (χ0v) is 22.1. The number of carboxylic acids is 1. The summed E-state index contributed by atoms with van der Waals surface area (Å²) in [5, 5.41) is 11.3. The van der Waals surface area contributed by atoms with Gasteiger partial charge in [0.25, 0.3) is 5.91 Å². The molecule has 204 valence electrons. The molecule has 0 atom stereocenters. The van der Waals surface area contributed by atoms with Crippen molar-refractivity contribution < 1.29 is 28.3 Å². The Kier molecular flexibility index (Phi) is 7.76. The normalized spacial score (nSPS) is 21.7. The van der Waals surface area contributed by atoms with Crippen LogP contribution in [0.15, 0.2) is 42.5 Å². The Morgan fingerprint density at radius 2 is 1.74 bits per heavy atom. The van der Waals surface area contributed by atoms with Crippen molar-refractivity contribution in [2.45, 2.75) is 65.0 Å². The number of rotatable bonds is 7. The van der Waals surface area contributed by atoms with Gasteiger partial charge in [-0.1, -0.05) is 32.9 Å². The molecule has 9 heteroatoms. The number of halogens is 2. The van der Waals surface area contributed by atoms with Gasteiger partial charge in [-0.05, 0) is 66.8 Å². The van der Waals surface area contributed by atoms with Crippen LogP contribution in [0.4, 0.5) is 19.3 Å². The Labute approximate surface area is 221 Å². The number of carbonyl (C=O) groups is 3. The van der Waals surface area contributed by atoms with Crippen molar-refractivity contribution in [2.24, 2.45) is 11.3 Å². The summed E-state index contributed by atoms with van der Waals surface area (Å²) in [5.41, 5.74) is 0.955. The van der Waals surface area contributed by atoms with E-state index < -0.39 is 23.1 Å². The lowest BCUT2D eigenvalue weighted by Crippen LogP contribution is -2.50. The fraction of sp³-hybridized carbons (Fsp3) is 0.483. The summed E-state index contributed by atoms with van der Waals surface area (Å²) in [5.74, 6) is -2.30. The number of benzene rings is 2. The van der Waals surface area contributed by atoms with Crippen LogP contribution in [0.25, 0.3) is 0 Å². The molecule has 3 amide bonds. The zero-order valence-electron chi connectivity index (χ0n) is 22.1. The highest BCUT2D eigenvalue weighted by Crippen LogP contribution is 2.47. The van der Waals surface area contributed by atoms with Crippen molar-refractivity contribution in [1.29, 1.82) is 0 Å². The van der Waals surface area contributed by atoms with E-state index in [4.69, 9.17) is 5.11 Å². The highest BCUT2D eigenvalue weighted by atomic mass is 19.1. The van der Waals surface area contributed by atoms with E-state index in [1.807, 2.05) is 4.90 Å². The van der Waals surface area contributed by atoms with Crippen LogP contribution in [0.3, 0.4) is 0 Å². The minimum atomic E-state index is -0.990. The van der Waals surface area contributed by atoms with Gasteiger partial charge in [-0.15, -0.1) is 0 Å². The van der Waals surface area contributed by atoms with E-state index in [-0.39, 0.29) is 36.0 Å². The van der Waals surface area contributed by atoms with Crippen molar-refractivity contribution in [1.82, 2.24) is 10.2 Å². The predicted molar refractivity (Wildman–Crippen MR) is 140 cm³/mol. The molecule has 7 nitrogen and oxygen atoms in total. The topological polar surface area (TPSA) is 90.0 Å². The number of carbonyl (C=O) groups excluding carboxylic acids is 2. The first-order valence-electron chi connectivity index (χ1n) is 13.0. The molecular weight excluding hydrogens is 492 g/mol. The number of amides is 3. The van der Waals surface area contributed by atoms with Gasteiger partial charge >= 0.3 is 12.0 Å². The van der Waals surface area contributed by atoms with Gasteiger partial charge in [-0.25, -0.2) is 13.6 Å². The van der Waals surface area contributed by atoms with Crippen molar-refractivity contribution >= 4 is 23.6 Å². The van der Waals surface area contributed by atoms with E-state index in [0.717, 1.165) is 43.4 Å². The molecule has 1 aliphatic carbocycles. The van der Waals surface area contributed by atoms with Crippen molar-refractivity contribution in [3.05, 3.63) is 65.2 Å². The van der Waals surface area contributed by atoms with Crippen molar-refractivity contribution in [2.75, 3.05) is 18.0 Å². The standard InChI is InChI=1S/C29H35F2N3O4/c1-28(2,3)21-10-13-29(14-11-21)18-33(24-9-8-22(30)16-23(24)31)27(38)34(29)17-19-4-6-20(7-5-19)26(37)32-15-12-25(35)36/h4-9,16,21H,10-15,17-18H2,1-3H3,(H,32,37)(H,35,36). The van der Waals surface area contributed by atoms with E-state index in [1.165, 1.54) is 11.0 Å². The molecule has 1 spiro atoms. The summed E-state index contributed by atoms with van der Waals surface area (Å²) in [6.45, 7) is 7.34. The highest BCUT2D eigenvalue weighted by molar-refractivity contribution is 5.96. The fourth-order valence-electron chi connectivity index (χ4n) is 5.70. The molecule has 0 radical (unpaired) electrons. The molecule has 0 aromatic heterocycles. The largest absolute Gasteiger partial charge is 0.481 e. The summed E-state index contributed by atoms with van der Waals surface area (Å²) >= 11 is 0. The lowest BCUT2D eigenvalue weighted by Gasteiger charge is -2.45. The third kappa shape index (κ3) is 5.81. The molecule has 0 unspecified atom stereocenters. The van der Waals surface area contributed by atoms with Crippen LogP contribution < -0.4 is 10.2 Å². The molecule has 0 bridgehead atoms. The van der Waals surface area contributed by atoms with E-state index >= 15 is 0 Å². The quantitative estimate of drug-likeness (QED) is 0.492. The number of hydrogen-bond acceptors (Lipinski definition) is 3. The minimum Gasteiger partial charge on any atom is -0.481 e. The molecule has 1 saturated heterocycles. The number of anilines is 1. The molecule has 2 aromatic carbocycles. The van der Waals surface area contributed by atoms with Gasteiger partial charge in [-0.2, -0.15) is 0 Å². The number of urea groups is 1. The van der Waals surface area contributed by atoms with Crippen LogP contribution in [0.1, 0.15) is 68.8 Å². The van der Waals surface area contributed by atoms with Gasteiger partial charge in [0.05, 0.1) is 24.2 Å². The summed E-state index contributed by atoms with van der Waals surface area (Å²) in [6.07, 6.45) is 3.29. The smallest absolute Gasteiger partial charge is 0.325 e. The van der Waals surface area contributed by atoms with E-state index in [1.54, 1.807) is 24.3 Å². The number of hydrogen-bond donors (Lipinski definition) is 2. The van der Waals surface area contributed by atoms with Crippen LogP contribution in [0, 0.1) is 23.0 Å². The zero-order chi connectivity index (χ0) is 27.7. The molecule has 1 aliphatic heterocycles. The van der Waals surface area contributed by atoms with Gasteiger partial charge in [-0.3, -0.25) is 14.5 Å². The highest BCUT2D eigenvalue weighted by Gasteiger charge is 2.52. The Morgan fingerprint density at radius 3 is 2.32 bits per heavy atom. The predicted octanol–water partition coefficient (Wildman–Crippen LogP) is 5.59. The first-order chi connectivity index (χ1) is 17.9. The van der Waals surface area contributed by atoms with Gasteiger partial charge in [0.1, 0.15) is 11.6 Å². The van der Waals surface area contributed by atoms with E-state index in [0.29, 0.717) is 24.6 Å². The van der Waals surface area contributed by atoms with Crippen molar-refractivity contribution in [3.8, 4) is 0 Å². The minimum absolute atomic E-state index is 0.0338. The fourth-order valence-corrected chi connectivity index (χ4v) is 5.70. The summed E-state index contributed by atoms with van der Waals surface area (Å²) in [4.78, 5) is 39.9. The average molecular weight is 528 g/mol. The lowest BCUT2D eigenvalue weighted by molar-refractivity contribution is -0.136. The third-order valence-corrected chi connectivity index (χ3v) is 8.01. The SMILES string of the molecule is CC(C)(C)C1CCC2(CC1)CN(c1ccc(F)cc1F)C(=O)N2Cc1ccc(C(=O)NCCC(=O)O)cc1. The molecule has 1 heterocycles. The van der Waals surface area contributed by atoms with Gasteiger partial charge in [0.15, 0.2) is 0 Å². The monoisotopic (exact) mass is 527 g/mol. The second kappa shape index (κ2) is 10.7. The molecule has 2 aliphatic rings. The maximum absolute atomic E-state index is 14.7. The maximum Gasteiger partial charge on any atom is 0.325 e. The molecule has 4 rings (SSSR count). The van der Waals surface area contributed by atoms with Crippen LogP contribution in [-0.2, 0) is 11.3 Å². The van der Waals surface area contributed by atoms with Crippen LogP contribution in [0.5, 0.6) is 0 Å². The second-order valence-corrected chi connectivity index (χ2v) is 11.5. The number of nitrogens with one attached hydrogen (secondary N) is 1. The Balaban J connectivity index is 1.56. The second-order valence-electron chi connectivity index (χ2n) is 11.5. The van der Waals surface area contributed by atoms with Crippen molar-refractivity contribution in [3.63, 3.8) is 0 Å². The number of nitrogens with zero attached hydrogens (tertiary/aromatic N) is 2. The summed E-state index contributed by atoms with van der Waals surface area (Å²) in [7, 11) is 0. The first-order valence-corrected chi connectivity index (χ1v) is 13.0. The Bertz CT molecular complexity index is 1200. The molecule has 2 aromatic rings. The summed E-state index contributed by atoms with van der Waals surface area (Å²) < 4.78 is 28.3. The van der Waals surface area contributed by atoms with Crippen LogP contribution in [0.2, 0.25) is 0 Å². The van der Waals surface area contributed by atoms with Crippen LogP contribution in [-0.4, -0.2) is 46.5 Å². The van der Waals surface area contributed by atoms with Gasteiger partial charge < -0.3 is 15.3 Å². The molecule has 2 N–H and O–H groups in total. The Hall–Kier alpha value is -3.49. The number of carboxylic acid groups (broad SMARTS) is 1. The van der Waals surface area contributed by atoms with Crippen LogP contribution >= 0.6 is 0 Å². The molecule has 1 saturated carbocycles. The third-order valence-electron chi connectivity index (χ3n) is 8.01. The average Bonchev–Trinajstić information content (AvgIpc) is 3.10. The molecule has 2 fully saturated rings. The Morgan fingerprint density at radius 1 is 1.08 bits per heavy atom. The molecular formula is C29H35F2N3O4.